The van der Waals surface area contributed by atoms with Gasteiger partial charge in [0.2, 0.25) is 5.91 Å². The number of nitrogens with zero attached hydrogens (tertiary/aromatic N) is 3. The van der Waals surface area contributed by atoms with Crippen LogP contribution in [0.3, 0.4) is 0 Å². The third-order valence-electron chi connectivity index (χ3n) is 5.53. The maximum absolute atomic E-state index is 12.9. The van der Waals surface area contributed by atoms with Gasteiger partial charge >= 0.3 is 0 Å². The van der Waals surface area contributed by atoms with Crippen molar-refractivity contribution in [1.29, 1.82) is 0 Å². The molecule has 0 spiro atoms. The van der Waals surface area contributed by atoms with Crippen LogP contribution in [-0.4, -0.2) is 47.2 Å². The molecule has 4 rings (SSSR count). The number of aryl methyl sites for hydroxylation is 2. The van der Waals surface area contributed by atoms with E-state index < -0.39 is 17.1 Å². The Morgan fingerprint density at radius 1 is 1.06 bits per heavy atom. The van der Waals surface area contributed by atoms with E-state index in [-0.39, 0.29) is 11.4 Å². The molecule has 1 saturated heterocycles. The van der Waals surface area contributed by atoms with Crippen LogP contribution in [0.15, 0.2) is 65.7 Å². The van der Waals surface area contributed by atoms with Crippen LogP contribution in [0.2, 0.25) is 0 Å². The summed E-state index contributed by atoms with van der Waals surface area (Å²) >= 11 is 0.842. The van der Waals surface area contributed by atoms with Crippen LogP contribution in [-0.2, 0) is 9.59 Å². The van der Waals surface area contributed by atoms with E-state index in [0.29, 0.717) is 5.69 Å². The van der Waals surface area contributed by atoms with Crippen molar-refractivity contribution in [2.24, 2.45) is 0 Å². The predicted molar refractivity (Wildman–Crippen MR) is 137 cm³/mol. The highest BCUT2D eigenvalue weighted by molar-refractivity contribution is 8.18. The Morgan fingerprint density at radius 3 is 2.47 bits per heavy atom. The number of carbonyl (C=O) groups excluding carboxylic acids is 3. The Morgan fingerprint density at radius 2 is 1.79 bits per heavy atom. The lowest BCUT2D eigenvalue weighted by atomic mass is 10.1. The van der Waals surface area contributed by atoms with E-state index in [4.69, 9.17) is 0 Å². The second kappa shape index (κ2) is 9.61. The van der Waals surface area contributed by atoms with Gasteiger partial charge in [0.1, 0.15) is 6.54 Å². The lowest BCUT2D eigenvalue weighted by Gasteiger charge is -2.14. The van der Waals surface area contributed by atoms with Crippen molar-refractivity contribution in [3.05, 3.63) is 82.5 Å². The smallest absolute Gasteiger partial charge is 0.294 e. The van der Waals surface area contributed by atoms with Gasteiger partial charge in [0.25, 0.3) is 11.1 Å². The molecule has 1 aromatic heterocycles. The Hall–Kier alpha value is -3.78. The van der Waals surface area contributed by atoms with Crippen LogP contribution in [0.25, 0.3) is 11.8 Å². The summed E-state index contributed by atoms with van der Waals surface area (Å²) in [4.78, 5) is 41.3. The maximum Gasteiger partial charge on any atom is 0.294 e. The first kappa shape index (κ1) is 23.4. The Labute approximate surface area is 203 Å². The lowest BCUT2D eigenvalue weighted by Crippen LogP contribution is -2.36. The number of hydrogen-bond donors (Lipinski definition) is 1. The number of anilines is 2. The summed E-state index contributed by atoms with van der Waals surface area (Å²) in [5, 5.41) is 2.33. The zero-order valence-corrected chi connectivity index (χ0v) is 20.3. The highest BCUT2D eigenvalue weighted by Crippen LogP contribution is 2.32. The van der Waals surface area contributed by atoms with E-state index in [9.17, 15) is 14.4 Å². The average molecular weight is 475 g/mol. The third-order valence-corrected chi connectivity index (χ3v) is 6.44. The van der Waals surface area contributed by atoms with E-state index in [1.54, 1.807) is 6.08 Å². The summed E-state index contributed by atoms with van der Waals surface area (Å²) in [5.41, 5.74) is 5.46. The number of aromatic nitrogens is 1. The summed E-state index contributed by atoms with van der Waals surface area (Å²) in [6, 6.07) is 17.5. The average Bonchev–Trinajstić information content (AvgIpc) is 3.36. The standard InChI is InChI=1S/C26H26N4O3S/c1-17-7-12-22(18(2)14-17)27-24(31)16-30-25(32)23(34-26(30)33)15-21-6-5-13-29(21)20-10-8-19(9-11-20)28(3)4/h5-15H,16H2,1-4H3,(H,27,31)/b23-15-. The van der Waals surface area contributed by atoms with Gasteiger partial charge in [-0.05, 0) is 79.7 Å². The second-order valence-corrected chi connectivity index (χ2v) is 9.34. The quantitative estimate of drug-likeness (QED) is 0.518. The molecular weight excluding hydrogens is 448 g/mol. The fraction of sp³-hybridized carbons (Fsp3) is 0.192. The van der Waals surface area contributed by atoms with Crippen LogP contribution in [0.5, 0.6) is 0 Å². The predicted octanol–water partition coefficient (Wildman–Crippen LogP) is 4.84. The van der Waals surface area contributed by atoms with Gasteiger partial charge in [-0.1, -0.05) is 17.7 Å². The molecule has 8 heteroatoms. The zero-order valence-electron chi connectivity index (χ0n) is 19.5. The third kappa shape index (κ3) is 4.92. The molecule has 0 atom stereocenters. The van der Waals surface area contributed by atoms with Crippen molar-refractivity contribution in [3.8, 4) is 5.69 Å². The van der Waals surface area contributed by atoms with Gasteiger partial charge in [-0.2, -0.15) is 0 Å². The normalized spacial score (nSPS) is 14.7. The van der Waals surface area contributed by atoms with Gasteiger partial charge in [-0.3, -0.25) is 19.3 Å². The molecular formula is C26H26N4O3S. The number of imide groups is 1. The van der Waals surface area contributed by atoms with Crippen LogP contribution < -0.4 is 10.2 Å². The Balaban J connectivity index is 1.49. The minimum Gasteiger partial charge on any atom is -0.378 e. The molecule has 2 aromatic carbocycles. The van der Waals surface area contributed by atoms with Crippen LogP contribution in [0.4, 0.5) is 16.2 Å². The van der Waals surface area contributed by atoms with Gasteiger partial charge in [-0.15, -0.1) is 0 Å². The van der Waals surface area contributed by atoms with Crippen LogP contribution >= 0.6 is 11.8 Å². The second-order valence-electron chi connectivity index (χ2n) is 8.35. The summed E-state index contributed by atoms with van der Waals surface area (Å²) in [6.45, 7) is 3.54. The molecule has 7 nitrogen and oxygen atoms in total. The maximum atomic E-state index is 12.9. The summed E-state index contributed by atoms with van der Waals surface area (Å²) in [5.74, 6) is -0.888. The lowest BCUT2D eigenvalue weighted by molar-refractivity contribution is -0.127. The molecule has 1 N–H and O–H groups in total. The highest BCUT2D eigenvalue weighted by atomic mass is 32.2. The van der Waals surface area contributed by atoms with Gasteiger partial charge in [0.05, 0.1) is 4.91 Å². The van der Waals surface area contributed by atoms with E-state index >= 15 is 0 Å². The van der Waals surface area contributed by atoms with Crippen molar-refractivity contribution >= 4 is 46.3 Å². The van der Waals surface area contributed by atoms with Gasteiger partial charge < -0.3 is 14.8 Å². The number of carbonyl (C=O) groups is 3. The van der Waals surface area contributed by atoms with Crippen molar-refractivity contribution in [2.45, 2.75) is 13.8 Å². The molecule has 0 unspecified atom stereocenters. The molecule has 1 fully saturated rings. The molecule has 3 aromatic rings. The van der Waals surface area contributed by atoms with Gasteiger partial charge in [-0.25, -0.2) is 0 Å². The van der Waals surface area contributed by atoms with E-state index in [1.165, 1.54) is 0 Å². The van der Waals surface area contributed by atoms with Gasteiger partial charge in [0, 0.05) is 43.0 Å². The SMILES string of the molecule is Cc1ccc(NC(=O)CN2C(=O)S/C(=C\c3cccn3-c3ccc(N(C)C)cc3)C2=O)c(C)c1. The summed E-state index contributed by atoms with van der Waals surface area (Å²) in [6.07, 6.45) is 3.59. The van der Waals surface area contributed by atoms with Crippen molar-refractivity contribution in [1.82, 2.24) is 9.47 Å². The number of benzene rings is 2. The van der Waals surface area contributed by atoms with E-state index in [1.807, 2.05) is 98.2 Å². The molecule has 0 saturated carbocycles. The number of hydrogen-bond acceptors (Lipinski definition) is 5. The van der Waals surface area contributed by atoms with Crippen molar-refractivity contribution in [2.75, 3.05) is 30.9 Å². The molecule has 34 heavy (non-hydrogen) atoms. The largest absolute Gasteiger partial charge is 0.378 e. The summed E-state index contributed by atoms with van der Waals surface area (Å²) < 4.78 is 1.94. The Kier molecular flexibility index (Phi) is 6.61. The number of rotatable bonds is 6. The van der Waals surface area contributed by atoms with E-state index in [0.717, 1.165) is 44.9 Å². The fourth-order valence-corrected chi connectivity index (χ4v) is 4.54. The number of nitrogens with one attached hydrogen (secondary N) is 1. The minimum atomic E-state index is -0.471. The fourth-order valence-electron chi connectivity index (χ4n) is 3.72. The first-order valence-corrected chi connectivity index (χ1v) is 11.6. The number of amides is 3. The molecule has 0 aliphatic carbocycles. The molecule has 3 amide bonds. The minimum absolute atomic E-state index is 0.286. The molecule has 174 valence electrons. The molecule has 1 aliphatic heterocycles. The molecule has 0 radical (unpaired) electrons. The van der Waals surface area contributed by atoms with Crippen molar-refractivity contribution in [3.63, 3.8) is 0 Å². The highest BCUT2D eigenvalue weighted by Gasteiger charge is 2.36. The molecule has 0 bridgehead atoms. The van der Waals surface area contributed by atoms with Crippen molar-refractivity contribution < 1.29 is 14.4 Å². The van der Waals surface area contributed by atoms with E-state index in [2.05, 4.69) is 5.32 Å². The first-order chi connectivity index (χ1) is 16.2. The van der Waals surface area contributed by atoms with Crippen LogP contribution in [0, 0.1) is 13.8 Å². The summed E-state index contributed by atoms with van der Waals surface area (Å²) in [7, 11) is 3.96. The van der Waals surface area contributed by atoms with Crippen LogP contribution in [0.1, 0.15) is 16.8 Å². The molecule has 1 aliphatic rings. The monoisotopic (exact) mass is 474 g/mol. The topological polar surface area (TPSA) is 74.7 Å². The first-order valence-electron chi connectivity index (χ1n) is 10.8. The number of thioether (sulfide) groups is 1. The Bertz CT molecular complexity index is 1290. The molecule has 2 heterocycles. The zero-order chi connectivity index (χ0) is 24.4. The van der Waals surface area contributed by atoms with Gasteiger partial charge in [0.15, 0.2) is 0 Å².